The van der Waals surface area contributed by atoms with Gasteiger partial charge in [0, 0.05) is 26.2 Å². The summed E-state index contributed by atoms with van der Waals surface area (Å²) in [5.74, 6) is 0.524. The van der Waals surface area contributed by atoms with Gasteiger partial charge in [0.2, 0.25) is 0 Å². The average molecular weight is 378 g/mol. The predicted octanol–water partition coefficient (Wildman–Crippen LogP) is 2.45. The number of carbonyl (C=O) groups is 1. The van der Waals surface area contributed by atoms with E-state index in [0.29, 0.717) is 28.2 Å². The molecule has 0 atom stereocenters. The summed E-state index contributed by atoms with van der Waals surface area (Å²) in [4.78, 5) is 19.7. The lowest BCUT2D eigenvalue weighted by Crippen LogP contribution is -2.27. The zero-order valence-corrected chi connectivity index (χ0v) is 16.7. The standard InChI is InChI=1S/C18H27N5O2S/c1-12(2)10-22-6-5-7-23-15(11-22)8-14(21-23)9-19-17(24)16-13(3)20-18(25-4)26-16/h8,12H,5-7,9-11H2,1-4H3,(H,19,24). The summed E-state index contributed by atoms with van der Waals surface area (Å²) in [6.07, 6.45) is 1.10. The number of hydrogen-bond donors (Lipinski definition) is 1. The van der Waals surface area contributed by atoms with Gasteiger partial charge in [0.25, 0.3) is 11.1 Å². The van der Waals surface area contributed by atoms with Gasteiger partial charge in [-0.05, 0) is 25.3 Å². The van der Waals surface area contributed by atoms with Gasteiger partial charge in [-0.1, -0.05) is 25.2 Å². The van der Waals surface area contributed by atoms with Crippen molar-refractivity contribution >= 4 is 17.2 Å². The maximum Gasteiger partial charge on any atom is 0.273 e. The molecular weight excluding hydrogens is 350 g/mol. The van der Waals surface area contributed by atoms with Gasteiger partial charge in [0.15, 0.2) is 0 Å². The second-order valence-electron chi connectivity index (χ2n) is 7.11. The van der Waals surface area contributed by atoms with Crippen molar-refractivity contribution in [3.8, 4) is 5.19 Å². The quantitative estimate of drug-likeness (QED) is 0.837. The highest BCUT2D eigenvalue weighted by Gasteiger charge is 2.19. The molecule has 3 rings (SSSR count). The summed E-state index contributed by atoms with van der Waals surface area (Å²) in [5.41, 5.74) is 2.81. The van der Waals surface area contributed by atoms with Gasteiger partial charge in [-0.15, -0.1) is 0 Å². The molecule has 0 fully saturated rings. The molecular formula is C18H27N5O2S. The fraction of sp³-hybridized carbons (Fsp3) is 0.611. The Kier molecular flexibility index (Phi) is 5.93. The topological polar surface area (TPSA) is 72.3 Å². The number of aromatic nitrogens is 3. The number of rotatable bonds is 6. The number of hydrogen-bond acceptors (Lipinski definition) is 6. The molecule has 0 radical (unpaired) electrons. The van der Waals surface area contributed by atoms with Crippen LogP contribution in [0.2, 0.25) is 0 Å². The summed E-state index contributed by atoms with van der Waals surface area (Å²) >= 11 is 1.26. The van der Waals surface area contributed by atoms with Crippen LogP contribution in [-0.4, -0.2) is 45.8 Å². The van der Waals surface area contributed by atoms with Gasteiger partial charge < -0.3 is 10.1 Å². The first-order valence-corrected chi connectivity index (χ1v) is 9.85. The molecule has 0 saturated heterocycles. The summed E-state index contributed by atoms with van der Waals surface area (Å²) in [7, 11) is 1.56. The van der Waals surface area contributed by atoms with E-state index in [1.165, 1.54) is 17.0 Å². The fourth-order valence-electron chi connectivity index (χ4n) is 3.27. The number of fused-ring (bicyclic) bond motifs is 1. The second kappa shape index (κ2) is 8.18. The lowest BCUT2D eigenvalue weighted by atomic mass is 10.2. The van der Waals surface area contributed by atoms with Crippen molar-refractivity contribution in [1.29, 1.82) is 0 Å². The van der Waals surface area contributed by atoms with Gasteiger partial charge in [-0.3, -0.25) is 14.4 Å². The fourth-order valence-corrected chi connectivity index (χ4v) is 4.07. The zero-order chi connectivity index (χ0) is 18.7. The summed E-state index contributed by atoms with van der Waals surface area (Å²) in [6.45, 7) is 10.8. The van der Waals surface area contributed by atoms with E-state index >= 15 is 0 Å². The van der Waals surface area contributed by atoms with Crippen LogP contribution in [0.4, 0.5) is 0 Å². The molecule has 7 nitrogen and oxygen atoms in total. The van der Waals surface area contributed by atoms with Crippen molar-refractivity contribution in [2.75, 3.05) is 20.2 Å². The monoisotopic (exact) mass is 377 g/mol. The highest BCUT2D eigenvalue weighted by atomic mass is 32.1. The smallest absolute Gasteiger partial charge is 0.273 e. The number of thiazole rings is 1. The van der Waals surface area contributed by atoms with E-state index in [2.05, 4.69) is 44.9 Å². The molecule has 0 unspecified atom stereocenters. The van der Waals surface area contributed by atoms with Crippen LogP contribution in [0.25, 0.3) is 0 Å². The van der Waals surface area contributed by atoms with E-state index in [-0.39, 0.29) is 5.91 Å². The molecule has 0 saturated carbocycles. The van der Waals surface area contributed by atoms with Crippen molar-refractivity contribution in [2.45, 2.75) is 46.8 Å². The van der Waals surface area contributed by atoms with E-state index in [1.807, 2.05) is 6.92 Å². The van der Waals surface area contributed by atoms with Gasteiger partial charge in [-0.25, -0.2) is 4.98 Å². The Morgan fingerprint density at radius 1 is 1.42 bits per heavy atom. The molecule has 26 heavy (non-hydrogen) atoms. The zero-order valence-electron chi connectivity index (χ0n) is 15.9. The molecule has 8 heteroatoms. The van der Waals surface area contributed by atoms with Gasteiger partial charge in [0.1, 0.15) is 4.88 Å². The van der Waals surface area contributed by atoms with E-state index in [9.17, 15) is 4.79 Å². The molecule has 0 aliphatic carbocycles. The molecule has 0 spiro atoms. The van der Waals surface area contributed by atoms with Crippen LogP contribution in [-0.2, 0) is 19.6 Å². The minimum Gasteiger partial charge on any atom is -0.473 e. The lowest BCUT2D eigenvalue weighted by molar-refractivity contribution is 0.0953. The van der Waals surface area contributed by atoms with E-state index in [0.717, 1.165) is 38.3 Å². The Morgan fingerprint density at radius 3 is 2.92 bits per heavy atom. The molecule has 1 amide bonds. The average Bonchev–Trinajstić information content (AvgIpc) is 3.10. The second-order valence-corrected chi connectivity index (χ2v) is 8.08. The minimum absolute atomic E-state index is 0.132. The molecule has 2 aromatic rings. The Balaban J connectivity index is 1.63. The number of nitrogens with zero attached hydrogens (tertiary/aromatic N) is 4. The van der Waals surface area contributed by atoms with Crippen LogP contribution in [0.15, 0.2) is 6.07 Å². The van der Waals surface area contributed by atoms with Gasteiger partial charge in [-0.2, -0.15) is 5.10 Å². The van der Waals surface area contributed by atoms with Gasteiger partial charge >= 0.3 is 0 Å². The maximum atomic E-state index is 12.4. The van der Waals surface area contributed by atoms with Crippen LogP contribution < -0.4 is 10.1 Å². The predicted molar refractivity (Wildman–Crippen MR) is 102 cm³/mol. The Hall–Kier alpha value is -1.93. The molecule has 1 aliphatic rings. The first-order chi connectivity index (χ1) is 12.5. The van der Waals surface area contributed by atoms with Crippen molar-refractivity contribution in [3.63, 3.8) is 0 Å². The Bertz CT molecular complexity index is 768. The number of methoxy groups -OCH3 is 1. The summed E-state index contributed by atoms with van der Waals surface area (Å²) < 4.78 is 7.19. The molecule has 1 N–H and O–H groups in total. The molecule has 0 aromatic carbocycles. The van der Waals surface area contributed by atoms with E-state index in [4.69, 9.17) is 4.74 Å². The van der Waals surface area contributed by atoms with Crippen molar-refractivity contribution in [3.05, 3.63) is 28.0 Å². The van der Waals surface area contributed by atoms with E-state index < -0.39 is 0 Å². The SMILES string of the molecule is COc1nc(C)c(C(=O)NCc2cc3n(n2)CCCN(CC(C)C)C3)s1. The van der Waals surface area contributed by atoms with Crippen LogP contribution >= 0.6 is 11.3 Å². The van der Waals surface area contributed by atoms with Crippen LogP contribution in [0, 0.1) is 12.8 Å². The largest absolute Gasteiger partial charge is 0.473 e. The van der Waals surface area contributed by atoms with Gasteiger partial charge in [0.05, 0.1) is 30.7 Å². The molecule has 142 valence electrons. The van der Waals surface area contributed by atoms with Crippen molar-refractivity contribution in [1.82, 2.24) is 25.0 Å². The normalized spacial score (nSPS) is 15.0. The third-order valence-corrected chi connectivity index (χ3v) is 5.47. The first kappa shape index (κ1) is 18.8. The van der Waals surface area contributed by atoms with Crippen LogP contribution in [0.5, 0.6) is 5.19 Å². The Morgan fingerprint density at radius 2 is 2.23 bits per heavy atom. The van der Waals surface area contributed by atoms with E-state index in [1.54, 1.807) is 7.11 Å². The maximum absolute atomic E-state index is 12.4. The number of ether oxygens (including phenoxy) is 1. The van der Waals surface area contributed by atoms with Crippen LogP contribution in [0.1, 0.15) is 47.0 Å². The third kappa shape index (κ3) is 4.42. The number of amides is 1. The van der Waals surface area contributed by atoms with Crippen molar-refractivity contribution < 1.29 is 9.53 Å². The minimum atomic E-state index is -0.132. The summed E-state index contributed by atoms with van der Waals surface area (Å²) in [5, 5.41) is 8.13. The van der Waals surface area contributed by atoms with Crippen LogP contribution in [0.3, 0.4) is 0 Å². The summed E-state index contributed by atoms with van der Waals surface area (Å²) in [6, 6.07) is 2.11. The molecule has 3 heterocycles. The molecule has 0 bridgehead atoms. The molecule has 1 aliphatic heterocycles. The Labute approximate surface area is 158 Å². The highest BCUT2D eigenvalue weighted by Crippen LogP contribution is 2.24. The number of aryl methyl sites for hydroxylation is 2. The molecule has 2 aromatic heterocycles. The number of carbonyl (C=O) groups excluding carboxylic acids is 1. The third-order valence-electron chi connectivity index (χ3n) is 4.36. The lowest BCUT2D eigenvalue weighted by Gasteiger charge is -2.21. The van der Waals surface area contributed by atoms with Crippen molar-refractivity contribution in [2.24, 2.45) is 5.92 Å². The highest BCUT2D eigenvalue weighted by molar-refractivity contribution is 7.15. The number of nitrogens with one attached hydrogen (secondary N) is 1. The first-order valence-electron chi connectivity index (χ1n) is 9.04.